The van der Waals surface area contributed by atoms with E-state index in [9.17, 15) is 0 Å². The lowest BCUT2D eigenvalue weighted by atomic mass is 9.76. The second kappa shape index (κ2) is 9.89. The second-order valence-corrected chi connectivity index (χ2v) is 15.6. The molecule has 0 amide bonds. The van der Waals surface area contributed by atoms with Crippen LogP contribution in [0.4, 0.5) is 0 Å². The molecule has 1 atom stereocenters. The number of hydrogen-bond donors (Lipinski definition) is 0. The molecule has 2 heterocycles. The van der Waals surface area contributed by atoms with Crippen LogP contribution in [0.1, 0.15) is 72.6 Å². The highest BCUT2D eigenvalue weighted by molar-refractivity contribution is 6.11. The van der Waals surface area contributed by atoms with Crippen molar-refractivity contribution in [3.8, 4) is 22.3 Å². The molecule has 244 valence electrons. The Morgan fingerprint density at radius 1 is 0.431 bits per heavy atom. The van der Waals surface area contributed by atoms with E-state index in [1.807, 2.05) is 6.07 Å². The molecule has 0 bridgehead atoms. The molecule has 2 aliphatic carbocycles. The second-order valence-electron chi connectivity index (χ2n) is 15.6. The van der Waals surface area contributed by atoms with Crippen molar-refractivity contribution in [2.45, 2.75) is 44.4 Å². The van der Waals surface area contributed by atoms with Gasteiger partial charge in [-0.15, -0.1) is 0 Å². The van der Waals surface area contributed by atoms with Crippen molar-refractivity contribution in [2.24, 2.45) is 0 Å². The zero-order valence-electron chi connectivity index (χ0n) is 29.2. The Labute approximate surface area is 297 Å². The summed E-state index contributed by atoms with van der Waals surface area (Å²) in [6, 6.07) is 51.3. The first kappa shape index (κ1) is 28.9. The summed E-state index contributed by atoms with van der Waals surface area (Å²) in [5.41, 5.74) is 18.0. The number of rotatable bonds is 3. The van der Waals surface area contributed by atoms with Gasteiger partial charge in [-0.1, -0.05) is 143 Å². The Hall–Kier alpha value is -5.86. The molecular formula is C49H36O2. The van der Waals surface area contributed by atoms with E-state index >= 15 is 0 Å². The molecule has 51 heavy (non-hydrogen) atoms. The van der Waals surface area contributed by atoms with Crippen molar-refractivity contribution < 1.29 is 8.83 Å². The average Bonchev–Trinajstić information content (AvgIpc) is 3.84. The summed E-state index contributed by atoms with van der Waals surface area (Å²) >= 11 is 0. The van der Waals surface area contributed by atoms with Crippen molar-refractivity contribution in [1.82, 2.24) is 0 Å². The number of benzene rings is 7. The maximum Gasteiger partial charge on any atom is 0.135 e. The zero-order chi connectivity index (χ0) is 34.2. The molecule has 2 aromatic heterocycles. The molecular weight excluding hydrogens is 621 g/mol. The van der Waals surface area contributed by atoms with E-state index in [2.05, 4.69) is 161 Å². The number of hydrogen-bond acceptors (Lipinski definition) is 2. The molecule has 9 aromatic rings. The molecule has 1 unspecified atom stereocenters. The third-order valence-electron chi connectivity index (χ3n) is 12.2. The van der Waals surface area contributed by atoms with Crippen LogP contribution >= 0.6 is 0 Å². The molecule has 11 rings (SSSR count). The van der Waals surface area contributed by atoms with E-state index in [1.54, 1.807) is 0 Å². The van der Waals surface area contributed by atoms with Gasteiger partial charge < -0.3 is 8.83 Å². The van der Waals surface area contributed by atoms with E-state index < -0.39 is 0 Å². The van der Waals surface area contributed by atoms with E-state index in [0.29, 0.717) is 0 Å². The maximum absolute atomic E-state index is 6.52. The predicted molar refractivity (Wildman–Crippen MR) is 210 cm³/mol. The molecule has 0 aliphatic heterocycles. The summed E-state index contributed by atoms with van der Waals surface area (Å²) in [6.45, 7) is 9.51. The normalized spacial score (nSPS) is 15.7. The predicted octanol–water partition coefficient (Wildman–Crippen LogP) is 13.3. The number of furan rings is 2. The van der Waals surface area contributed by atoms with Crippen molar-refractivity contribution in [3.05, 3.63) is 178 Å². The van der Waals surface area contributed by atoms with Gasteiger partial charge in [-0.25, -0.2) is 0 Å². The summed E-state index contributed by atoms with van der Waals surface area (Å²) in [4.78, 5) is 0. The van der Waals surface area contributed by atoms with Gasteiger partial charge in [0.05, 0.1) is 0 Å². The van der Waals surface area contributed by atoms with Gasteiger partial charge in [0.15, 0.2) is 0 Å². The molecule has 0 fully saturated rings. The standard InChI is InChI=1S/C49H36O2/c1-48(2)37-16-8-5-12-30(37)31-22-20-28(26-39(31)48)44(29-21-23-33-32-13-6-9-18-40(32)51-43(33)27-29)35-15-11-17-38-45(35)36-24-25-42-46(47(36)49(38,3)4)34-14-7-10-19-41(34)50-42/h5-27,44H,1-4H3. The molecule has 0 N–H and O–H groups in total. The lowest BCUT2D eigenvalue weighted by Crippen LogP contribution is -2.16. The minimum Gasteiger partial charge on any atom is -0.456 e. The fourth-order valence-electron chi connectivity index (χ4n) is 9.82. The first-order valence-electron chi connectivity index (χ1n) is 18.0. The molecule has 7 aromatic carbocycles. The van der Waals surface area contributed by atoms with Crippen LogP contribution in [0.5, 0.6) is 0 Å². The highest BCUT2D eigenvalue weighted by Gasteiger charge is 2.41. The lowest BCUT2D eigenvalue weighted by molar-refractivity contribution is 0.656. The van der Waals surface area contributed by atoms with Crippen LogP contribution in [0, 0.1) is 0 Å². The van der Waals surface area contributed by atoms with Crippen molar-refractivity contribution in [3.63, 3.8) is 0 Å². The van der Waals surface area contributed by atoms with Gasteiger partial charge in [0.1, 0.15) is 22.3 Å². The quantitative estimate of drug-likeness (QED) is 0.177. The van der Waals surface area contributed by atoms with Gasteiger partial charge in [0.2, 0.25) is 0 Å². The number of fused-ring (bicyclic) bond motifs is 13. The summed E-state index contributed by atoms with van der Waals surface area (Å²) < 4.78 is 12.9. The largest absolute Gasteiger partial charge is 0.456 e. The van der Waals surface area contributed by atoms with Crippen molar-refractivity contribution >= 4 is 43.9 Å². The fourth-order valence-corrected chi connectivity index (χ4v) is 9.82. The van der Waals surface area contributed by atoms with Gasteiger partial charge >= 0.3 is 0 Å². The van der Waals surface area contributed by atoms with E-state index in [4.69, 9.17) is 8.83 Å². The van der Waals surface area contributed by atoms with E-state index in [0.717, 1.165) is 33.1 Å². The van der Waals surface area contributed by atoms with Crippen LogP contribution in [-0.2, 0) is 10.8 Å². The van der Waals surface area contributed by atoms with Crippen molar-refractivity contribution in [1.29, 1.82) is 0 Å². The minimum atomic E-state index is -0.221. The minimum absolute atomic E-state index is 0.0269. The van der Waals surface area contributed by atoms with Crippen LogP contribution in [-0.4, -0.2) is 0 Å². The van der Waals surface area contributed by atoms with Crippen LogP contribution < -0.4 is 0 Å². The van der Waals surface area contributed by atoms with E-state index in [-0.39, 0.29) is 16.7 Å². The summed E-state index contributed by atoms with van der Waals surface area (Å²) in [6.07, 6.45) is 0. The van der Waals surface area contributed by atoms with Crippen molar-refractivity contribution in [2.75, 3.05) is 0 Å². The first-order chi connectivity index (χ1) is 24.8. The smallest absolute Gasteiger partial charge is 0.135 e. The SMILES string of the molecule is CC1(C)c2ccccc2-c2ccc(C(c3ccc4c(c3)oc3ccccc34)c3cccc4c3-c3ccc5oc6ccccc6c5c3C4(C)C)cc21. The van der Waals surface area contributed by atoms with Gasteiger partial charge in [-0.3, -0.25) is 0 Å². The monoisotopic (exact) mass is 656 g/mol. The Morgan fingerprint density at radius 3 is 1.92 bits per heavy atom. The molecule has 2 nitrogen and oxygen atoms in total. The third kappa shape index (κ3) is 3.77. The fraction of sp³-hybridized carbons (Fsp3) is 0.143. The first-order valence-corrected chi connectivity index (χ1v) is 18.0. The highest BCUT2D eigenvalue weighted by atomic mass is 16.3. The Kier molecular flexibility index (Phi) is 5.61. The van der Waals surface area contributed by atoms with E-state index in [1.165, 1.54) is 72.0 Å². The van der Waals surface area contributed by atoms with Crippen LogP contribution in [0.25, 0.3) is 66.1 Å². The Morgan fingerprint density at radius 2 is 1.06 bits per heavy atom. The topological polar surface area (TPSA) is 26.3 Å². The third-order valence-corrected chi connectivity index (χ3v) is 12.2. The van der Waals surface area contributed by atoms with Gasteiger partial charge in [0, 0.05) is 38.3 Å². The molecule has 0 radical (unpaired) electrons. The van der Waals surface area contributed by atoms with Gasteiger partial charge in [-0.2, -0.15) is 0 Å². The number of para-hydroxylation sites is 2. The lowest BCUT2D eigenvalue weighted by Gasteiger charge is -2.26. The average molecular weight is 657 g/mol. The molecule has 0 saturated carbocycles. The highest BCUT2D eigenvalue weighted by Crippen LogP contribution is 2.57. The summed E-state index contributed by atoms with van der Waals surface area (Å²) in [5.74, 6) is -0.0269. The van der Waals surface area contributed by atoms with Crippen LogP contribution in [0.15, 0.2) is 148 Å². The van der Waals surface area contributed by atoms with Crippen LogP contribution in [0.3, 0.4) is 0 Å². The zero-order valence-corrected chi connectivity index (χ0v) is 29.2. The maximum atomic E-state index is 6.52. The molecule has 2 heteroatoms. The van der Waals surface area contributed by atoms with Gasteiger partial charge in [-0.05, 0) is 85.5 Å². The van der Waals surface area contributed by atoms with Gasteiger partial charge in [0.25, 0.3) is 0 Å². The molecule has 2 aliphatic rings. The Bertz CT molecular complexity index is 2930. The van der Waals surface area contributed by atoms with Crippen LogP contribution in [0.2, 0.25) is 0 Å². The Balaban J connectivity index is 1.20. The molecule has 0 saturated heterocycles. The molecule has 0 spiro atoms. The summed E-state index contributed by atoms with van der Waals surface area (Å²) in [7, 11) is 0. The summed E-state index contributed by atoms with van der Waals surface area (Å²) in [5, 5.41) is 4.71.